The predicted molar refractivity (Wildman–Crippen MR) is 192 cm³/mol. The van der Waals surface area contributed by atoms with Gasteiger partial charge in [-0.25, -0.2) is 15.0 Å². The molecule has 0 radical (unpaired) electrons. The highest BCUT2D eigenvalue weighted by Gasteiger charge is 2.19. The molecule has 0 saturated carbocycles. The summed E-state index contributed by atoms with van der Waals surface area (Å²) >= 11 is 0. The lowest BCUT2D eigenvalue weighted by molar-refractivity contribution is 0.669. The van der Waals surface area contributed by atoms with Gasteiger partial charge in [0.25, 0.3) is 0 Å². The minimum absolute atomic E-state index is 0.0874. The van der Waals surface area contributed by atoms with Crippen molar-refractivity contribution in [3.05, 3.63) is 164 Å². The number of rotatable bonds is 5. The van der Waals surface area contributed by atoms with E-state index < -0.39 is 0 Å². The Kier molecular flexibility index (Phi) is 5.49. The van der Waals surface area contributed by atoms with E-state index in [4.69, 9.17) is 24.9 Å². The van der Waals surface area contributed by atoms with E-state index in [1.807, 2.05) is 97.1 Å². The van der Waals surface area contributed by atoms with Crippen LogP contribution >= 0.6 is 0 Å². The van der Waals surface area contributed by atoms with Gasteiger partial charge in [-0.1, -0.05) is 133 Å². The van der Waals surface area contributed by atoms with Gasteiger partial charge in [-0.2, -0.15) is 0 Å². The Labute approximate surface area is 277 Å². The smallest absolute Gasteiger partial charge is 0.164 e. The molecule has 4 nitrogen and oxygen atoms in total. The van der Waals surface area contributed by atoms with Crippen molar-refractivity contribution < 1.29 is 9.90 Å². The molecule has 0 aliphatic rings. The van der Waals surface area contributed by atoms with E-state index in [9.17, 15) is 0 Å². The first kappa shape index (κ1) is 23.0. The topological polar surface area (TPSA) is 51.8 Å². The molecule has 0 bridgehead atoms. The first-order chi connectivity index (χ1) is 24.9. The zero-order valence-electron chi connectivity index (χ0n) is 29.0. The molecule has 0 spiro atoms. The largest absolute Gasteiger partial charge is 0.456 e. The number of hydrogen-bond acceptors (Lipinski definition) is 4. The number of benzene rings is 7. The van der Waals surface area contributed by atoms with Crippen LogP contribution in [0.1, 0.15) is 5.48 Å². The highest BCUT2D eigenvalue weighted by atomic mass is 16.3. The molecule has 7 aromatic carbocycles. The second-order valence-corrected chi connectivity index (χ2v) is 11.4. The molecule has 0 unspecified atom stereocenters. The van der Waals surface area contributed by atoms with Gasteiger partial charge in [-0.3, -0.25) is 0 Å². The Balaban J connectivity index is 1.31. The lowest BCUT2D eigenvalue weighted by Gasteiger charge is -2.12. The first-order valence-corrected chi connectivity index (χ1v) is 15.4. The molecule has 0 saturated heterocycles. The SMILES string of the molecule is [2H]c1c([2H])c([2H])c2c(oc3cc(-c4ccccc4)cc(-c4nc(-c5ccccc5)nc(-c5ccc6cc(-c7ccccc7)ccc6c5)n4)c32)c1[2H]. The van der Waals surface area contributed by atoms with Crippen LogP contribution in [-0.2, 0) is 0 Å². The normalized spacial score (nSPS) is 12.6. The van der Waals surface area contributed by atoms with E-state index in [1.165, 1.54) is 0 Å². The molecule has 2 aromatic heterocycles. The molecule has 220 valence electrons. The Morgan fingerprint density at radius 3 is 1.68 bits per heavy atom. The van der Waals surface area contributed by atoms with Gasteiger partial charge in [-0.15, -0.1) is 0 Å². The lowest BCUT2D eigenvalue weighted by Crippen LogP contribution is -2.00. The Bertz CT molecular complexity index is 2790. The molecule has 4 heteroatoms. The molecule has 2 heterocycles. The van der Waals surface area contributed by atoms with Gasteiger partial charge in [0.05, 0.1) is 5.48 Å². The summed E-state index contributed by atoms with van der Waals surface area (Å²) in [4.78, 5) is 15.1. The van der Waals surface area contributed by atoms with Crippen LogP contribution in [0.15, 0.2) is 168 Å². The van der Waals surface area contributed by atoms with Gasteiger partial charge in [0.2, 0.25) is 0 Å². The predicted octanol–water partition coefficient (Wildman–Crippen LogP) is 11.3. The van der Waals surface area contributed by atoms with Crippen molar-refractivity contribution in [3.8, 4) is 56.4 Å². The summed E-state index contributed by atoms with van der Waals surface area (Å²) in [7, 11) is 0. The fraction of sp³-hybridized carbons (Fsp3) is 0. The summed E-state index contributed by atoms with van der Waals surface area (Å²) in [6.07, 6.45) is 0. The zero-order chi connectivity index (χ0) is 34.6. The van der Waals surface area contributed by atoms with E-state index in [-0.39, 0.29) is 35.1 Å². The third kappa shape index (κ3) is 4.93. The maximum absolute atomic E-state index is 8.90. The monoisotopic (exact) mass is 605 g/mol. The number of para-hydroxylation sites is 1. The van der Waals surface area contributed by atoms with Crippen LogP contribution in [0, 0.1) is 0 Å². The van der Waals surface area contributed by atoms with Gasteiger partial charge < -0.3 is 4.42 Å². The molecule has 0 fully saturated rings. The van der Waals surface area contributed by atoms with Gasteiger partial charge >= 0.3 is 0 Å². The van der Waals surface area contributed by atoms with Crippen LogP contribution in [0.5, 0.6) is 0 Å². The lowest BCUT2D eigenvalue weighted by atomic mass is 9.98. The van der Waals surface area contributed by atoms with Crippen LogP contribution in [0.4, 0.5) is 0 Å². The summed E-state index contributed by atoms with van der Waals surface area (Å²) in [6, 6.07) is 45.2. The molecule has 0 aliphatic carbocycles. The second kappa shape index (κ2) is 11.2. The van der Waals surface area contributed by atoms with E-state index in [0.717, 1.165) is 44.2 Å². The van der Waals surface area contributed by atoms with Gasteiger partial charge in [0.15, 0.2) is 17.5 Å². The summed E-state index contributed by atoms with van der Waals surface area (Å²) in [6.45, 7) is 0. The van der Waals surface area contributed by atoms with E-state index in [1.54, 1.807) is 0 Å². The van der Waals surface area contributed by atoms with Crippen molar-refractivity contribution in [1.29, 1.82) is 0 Å². The van der Waals surface area contributed by atoms with Crippen molar-refractivity contribution >= 4 is 32.7 Å². The molecule has 0 N–H and O–H groups in total. The minimum Gasteiger partial charge on any atom is -0.456 e. The fourth-order valence-electron chi connectivity index (χ4n) is 6.13. The third-order valence-corrected chi connectivity index (χ3v) is 8.44. The Hall–Kier alpha value is -6.39. The van der Waals surface area contributed by atoms with Gasteiger partial charge in [-0.05, 0) is 63.3 Å². The van der Waals surface area contributed by atoms with Crippen LogP contribution in [0.2, 0.25) is 0 Å². The van der Waals surface area contributed by atoms with E-state index >= 15 is 0 Å². The maximum atomic E-state index is 8.90. The van der Waals surface area contributed by atoms with Crippen LogP contribution in [0.3, 0.4) is 0 Å². The molecule has 9 aromatic rings. The highest BCUT2D eigenvalue weighted by molar-refractivity contribution is 6.13. The number of hydrogen-bond donors (Lipinski definition) is 0. The summed E-state index contributed by atoms with van der Waals surface area (Å²) in [5, 5.41) is 2.93. The Morgan fingerprint density at radius 2 is 0.979 bits per heavy atom. The third-order valence-electron chi connectivity index (χ3n) is 8.44. The van der Waals surface area contributed by atoms with Crippen LogP contribution in [-0.4, -0.2) is 15.0 Å². The highest BCUT2D eigenvalue weighted by Crippen LogP contribution is 2.40. The van der Waals surface area contributed by atoms with Crippen molar-refractivity contribution in [2.45, 2.75) is 0 Å². The average molecular weight is 606 g/mol. The maximum Gasteiger partial charge on any atom is 0.164 e. The van der Waals surface area contributed by atoms with Gasteiger partial charge in [0.1, 0.15) is 11.2 Å². The number of fused-ring (bicyclic) bond motifs is 4. The second-order valence-electron chi connectivity index (χ2n) is 11.4. The van der Waals surface area contributed by atoms with E-state index in [2.05, 4.69) is 42.5 Å². The van der Waals surface area contributed by atoms with Crippen molar-refractivity contribution in [2.24, 2.45) is 0 Å². The number of furan rings is 1. The number of nitrogens with zero attached hydrogens (tertiary/aromatic N) is 3. The molecule has 47 heavy (non-hydrogen) atoms. The molecule has 0 aliphatic heterocycles. The number of aromatic nitrogens is 3. The summed E-state index contributed by atoms with van der Waals surface area (Å²) in [5.41, 5.74) is 6.75. The average Bonchev–Trinajstić information content (AvgIpc) is 3.59. The van der Waals surface area contributed by atoms with Crippen LogP contribution in [0.25, 0.3) is 89.1 Å². The van der Waals surface area contributed by atoms with Crippen molar-refractivity contribution in [3.63, 3.8) is 0 Å². The molecular weight excluding hydrogens is 574 g/mol. The Morgan fingerprint density at radius 1 is 0.426 bits per heavy atom. The standard InChI is InChI=1S/C43H27N3O/c1-4-12-28(13-5-1)31-20-21-33-25-34(23-22-32(33)24-31)42-44-41(30-16-8-3-9-17-30)45-43(46-42)37-26-35(29-14-6-2-7-15-29)27-39-40(37)36-18-10-11-19-38(36)47-39/h1-27H/i10D,11D,18D,19D. The van der Waals surface area contributed by atoms with Crippen molar-refractivity contribution in [2.75, 3.05) is 0 Å². The fourth-order valence-corrected chi connectivity index (χ4v) is 6.13. The zero-order valence-corrected chi connectivity index (χ0v) is 25.0. The summed E-state index contributed by atoms with van der Waals surface area (Å²) in [5.74, 6) is 1.31. The molecule has 9 rings (SSSR count). The summed E-state index contributed by atoms with van der Waals surface area (Å²) < 4.78 is 40.6. The quantitative estimate of drug-likeness (QED) is 0.196. The minimum atomic E-state index is -0.350. The molecular formula is C43H27N3O. The molecule has 0 atom stereocenters. The van der Waals surface area contributed by atoms with Crippen molar-refractivity contribution in [1.82, 2.24) is 15.0 Å². The van der Waals surface area contributed by atoms with E-state index in [0.29, 0.717) is 34.0 Å². The first-order valence-electron chi connectivity index (χ1n) is 17.4. The van der Waals surface area contributed by atoms with Gasteiger partial charge in [0, 0.05) is 27.5 Å². The van der Waals surface area contributed by atoms with Crippen LogP contribution < -0.4 is 0 Å². The molecule has 0 amide bonds.